The molecular formula is C36H45NO8Si. The van der Waals surface area contributed by atoms with Gasteiger partial charge in [-0.15, -0.1) is 0 Å². The van der Waals surface area contributed by atoms with Crippen LogP contribution in [0.4, 0.5) is 4.79 Å². The lowest BCUT2D eigenvalue weighted by molar-refractivity contribution is -0.155. The van der Waals surface area contributed by atoms with Gasteiger partial charge in [-0.1, -0.05) is 81.4 Å². The Balaban J connectivity index is 1.57. The molecule has 0 radical (unpaired) electrons. The second-order valence-corrected chi connectivity index (χ2v) is 18.2. The predicted octanol–water partition coefficient (Wildman–Crippen LogP) is 6.85. The molecule has 246 valence electrons. The SMILES string of the molecule is CC1(C)O[C@@H]([C@H](O[Si](C)(C)C(C)(C)C)[C@@H](C=O)NC(=O)OCc2ccccc2)[C@@H](C(=O)c2ccc(OCc3ccccc3)cc2)O1. The van der Waals surface area contributed by atoms with Crippen molar-refractivity contribution in [3.05, 3.63) is 102 Å². The van der Waals surface area contributed by atoms with E-state index >= 15 is 0 Å². The number of amides is 1. The molecule has 1 N–H and O–H groups in total. The largest absolute Gasteiger partial charge is 0.489 e. The average Bonchev–Trinajstić information content (AvgIpc) is 3.36. The van der Waals surface area contributed by atoms with Crippen LogP contribution in [-0.2, 0) is 36.6 Å². The number of aldehydes is 1. The van der Waals surface area contributed by atoms with E-state index < -0.39 is 44.6 Å². The Morgan fingerprint density at radius 2 is 1.46 bits per heavy atom. The highest BCUT2D eigenvalue weighted by molar-refractivity contribution is 6.74. The third kappa shape index (κ3) is 9.13. The van der Waals surface area contributed by atoms with Crippen LogP contribution in [0.1, 0.15) is 56.1 Å². The number of alkyl carbamates (subject to hydrolysis) is 1. The van der Waals surface area contributed by atoms with Gasteiger partial charge in [0.05, 0.1) is 0 Å². The molecule has 3 aromatic carbocycles. The van der Waals surface area contributed by atoms with Gasteiger partial charge in [0.1, 0.15) is 43.5 Å². The van der Waals surface area contributed by atoms with Gasteiger partial charge in [-0.05, 0) is 67.4 Å². The van der Waals surface area contributed by atoms with Crippen molar-refractivity contribution >= 4 is 26.5 Å². The first-order chi connectivity index (χ1) is 21.7. The molecule has 1 amide bonds. The fourth-order valence-electron chi connectivity index (χ4n) is 4.81. The molecule has 0 spiro atoms. The number of benzene rings is 3. The minimum absolute atomic E-state index is 0.0221. The average molecular weight is 648 g/mol. The molecule has 1 saturated heterocycles. The van der Waals surface area contributed by atoms with Crippen LogP contribution in [0.25, 0.3) is 0 Å². The predicted molar refractivity (Wildman–Crippen MR) is 177 cm³/mol. The molecule has 1 aliphatic heterocycles. The zero-order valence-electron chi connectivity index (χ0n) is 27.6. The van der Waals surface area contributed by atoms with Crippen LogP contribution < -0.4 is 10.1 Å². The van der Waals surface area contributed by atoms with Crippen molar-refractivity contribution in [2.75, 3.05) is 0 Å². The van der Waals surface area contributed by atoms with Gasteiger partial charge in [-0.25, -0.2) is 4.79 Å². The monoisotopic (exact) mass is 647 g/mol. The molecule has 0 saturated carbocycles. The summed E-state index contributed by atoms with van der Waals surface area (Å²) in [6, 6.07) is 24.6. The van der Waals surface area contributed by atoms with Gasteiger partial charge in [0, 0.05) is 5.56 Å². The summed E-state index contributed by atoms with van der Waals surface area (Å²) in [4.78, 5) is 39.6. The van der Waals surface area contributed by atoms with E-state index in [1.165, 1.54) is 0 Å². The molecule has 1 aliphatic rings. The van der Waals surface area contributed by atoms with Gasteiger partial charge in [-0.3, -0.25) is 4.79 Å². The maximum absolute atomic E-state index is 14.0. The Morgan fingerprint density at radius 1 is 0.891 bits per heavy atom. The number of hydrogen-bond donors (Lipinski definition) is 1. The molecule has 1 fully saturated rings. The van der Waals surface area contributed by atoms with Crippen LogP contribution in [0.2, 0.25) is 18.1 Å². The quantitative estimate of drug-likeness (QED) is 0.122. The number of ether oxygens (including phenoxy) is 4. The first-order valence-electron chi connectivity index (χ1n) is 15.5. The first kappa shape index (κ1) is 35.0. The van der Waals surface area contributed by atoms with Crippen LogP contribution in [0.15, 0.2) is 84.9 Å². The van der Waals surface area contributed by atoms with Gasteiger partial charge >= 0.3 is 6.09 Å². The minimum atomic E-state index is -2.59. The van der Waals surface area contributed by atoms with E-state index in [-0.39, 0.29) is 17.4 Å². The maximum Gasteiger partial charge on any atom is 0.408 e. The lowest BCUT2D eigenvalue weighted by atomic mass is 9.95. The Hall–Kier alpha value is -3.83. The normalized spacial score (nSPS) is 19.1. The lowest BCUT2D eigenvalue weighted by Gasteiger charge is -2.42. The first-order valence-corrected chi connectivity index (χ1v) is 18.4. The molecule has 46 heavy (non-hydrogen) atoms. The molecular weight excluding hydrogens is 602 g/mol. The van der Waals surface area contributed by atoms with E-state index in [4.69, 9.17) is 23.4 Å². The van der Waals surface area contributed by atoms with Gasteiger partial charge in [-0.2, -0.15) is 0 Å². The Kier molecular flexibility index (Phi) is 11.2. The van der Waals surface area contributed by atoms with E-state index in [1.807, 2.05) is 73.8 Å². The third-order valence-corrected chi connectivity index (χ3v) is 12.8. The fourth-order valence-corrected chi connectivity index (χ4v) is 6.12. The summed E-state index contributed by atoms with van der Waals surface area (Å²) in [7, 11) is -2.59. The molecule has 0 aromatic heterocycles. The van der Waals surface area contributed by atoms with Crippen molar-refractivity contribution in [1.29, 1.82) is 0 Å². The summed E-state index contributed by atoms with van der Waals surface area (Å²) in [5, 5.41) is 2.40. The number of carbonyl (C=O) groups is 3. The van der Waals surface area contributed by atoms with E-state index in [0.717, 1.165) is 11.1 Å². The summed E-state index contributed by atoms with van der Waals surface area (Å²) in [5.74, 6) is -0.899. The summed E-state index contributed by atoms with van der Waals surface area (Å²) in [6.45, 7) is 14.1. The minimum Gasteiger partial charge on any atom is -0.489 e. The maximum atomic E-state index is 14.0. The molecule has 0 bridgehead atoms. The van der Waals surface area contributed by atoms with E-state index in [2.05, 4.69) is 26.1 Å². The van der Waals surface area contributed by atoms with Crippen LogP contribution in [0.3, 0.4) is 0 Å². The van der Waals surface area contributed by atoms with Crippen molar-refractivity contribution in [1.82, 2.24) is 5.32 Å². The Labute approximate surface area is 272 Å². The number of rotatable bonds is 13. The molecule has 4 rings (SSSR count). The van der Waals surface area contributed by atoms with Gasteiger partial charge < -0.3 is 33.5 Å². The molecule has 9 nitrogen and oxygen atoms in total. The smallest absolute Gasteiger partial charge is 0.408 e. The van der Waals surface area contributed by atoms with Crippen LogP contribution >= 0.6 is 0 Å². The summed E-state index contributed by atoms with van der Waals surface area (Å²) in [6.07, 6.45) is -3.39. The van der Waals surface area contributed by atoms with E-state index in [0.29, 0.717) is 24.2 Å². The van der Waals surface area contributed by atoms with Gasteiger partial charge in [0.15, 0.2) is 26.0 Å². The highest BCUT2D eigenvalue weighted by Gasteiger charge is 2.53. The summed E-state index contributed by atoms with van der Waals surface area (Å²) in [5.41, 5.74) is 2.21. The van der Waals surface area contributed by atoms with Crippen molar-refractivity contribution in [2.45, 2.75) is 96.1 Å². The van der Waals surface area contributed by atoms with Crippen molar-refractivity contribution in [3.63, 3.8) is 0 Å². The zero-order chi connectivity index (χ0) is 33.5. The fraction of sp³-hybridized carbons (Fsp3) is 0.417. The Morgan fingerprint density at radius 3 is 2.00 bits per heavy atom. The van der Waals surface area contributed by atoms with Crippen LogP contribution in [-0.4, -0.2) is 56.6 Å². The van der Waals surface area contributed by atoms with E-state index in [1.54, 1.807) is 38.1 Å². The Bertz CT molecular complexity index is 1450. The molecule has 10 heteroatoms. The topological polar surface area (TPSA) is 109 Å². The number of ketones is 1. The third-order valence-electron chi connectivity index (χ3n) is 8.33. The van der Waals surface area contributed by atoms with Gasteiger partial charge in [0.2, 0.25) is 0 Å². The van der Waals surface area contributed by atoms with Crippen molar-refractivity contribution in [3.8, 4) is 5.75 Å². The second-order valence-electron chi connectivity index (χ2n) is 13.4. The van der Waals surface area contributed by atoms with Gasteiger partial charge in [0.25, 0.3) is 0 Å². The number of hydrogen-bond acceptors (Lipinski definition) is 8. The summed E-state index contributed by atoms with van der Waals surface area (Å²) >= 11 is 0. The van der Waals surface area contributed by atoms with Crippen molar-refractivity contribution < 1.29 is 37.8 Å². The summed E-state index contributed by atoms with van der Waals surface area (Å²) < 4.78 is 30.5. The zero-order valence-corrected chi connectivity index (χ0v) is 28.6. The molecule has 4 atom stereocenters. The van der Waals surface area contributed by atoms with Crippen LogP contribution in [0, 0.1) is 0 Å². The molecule has 3 aromatic rings. The number of Topliss-reactive ketones (excluding diaryl/α,β-unsaturated/α-hetero) is 1. The highest BCUT2D eigenvalue weighted by atomic mass is 28.4. The van der Waals surface area contributed by atoms with Crippen LogP contribution in [0.5, 0.6) is 5.75 Å². The highest BCUT2D eigenvalue weighted by Crippen LogP contribution is 2.41. The molecule has 1 heterocycles. The van der Waals surface area contributed by atoms with E-state index in [9.17, 15) is 14.4 Å². The molecule has 0 unspecified atom stereocenters. The standard InChI is InChI=1S/C36H45NO8Si/c1-35(2,3)46(6,7)45-31(29(22-38)37-34(40)42-24-26-16-12-9-13-17-26)33-32(43-36(4,5)44-33)30(39)27-18-20-28(21-19-27)41-23-25-14-10-8-11-15-25/h8-22,29,31-33H,23-24H2,1-7H3,(H,37,40)/t29-,31-,32-,33+/m1/s1. The molecule has 0 aliphatic carbocycles. The lowest BCUT2D eigenvalue weighted by Crippen LogP contribution is -2.59. The second kappa shape index (κ2) is 14.7. The number of carbonyl (C=O) groups excluding carboxylic acids is 3. The van der Waals surface area contributed by atoms with Crippen molar-refractivity contribution in [2.24, 2.45) is 0 Å². The number of nitrogens with one attached hydrogen (secondary N) is 1.